The lowest BCUT2D eigenvalue weighted by atomic mass is 10.0. The van der Waals surface area contributed by atoms with Gasteiger partial charge in [-0.1, -0.05) is 19.0 Å². The predicted octanol–water partition coefficient (Wildman–Crippen LogP) is 2.12. The molecule has 0 aliphatic carbocycles. The molecule has 0 unspecified atom stereocenters. The van der Waals surface area contributed by atoms with E-state index in [1.807, 2.05) is 20.9 Å². The van der Waals surface area contributed by atoms with Crippen molar-refractivity contribution in [2.24, 2.45) is 10.9 Å². The Labute approximate surface area is 146 Å². The van der Waals surface area contributed by atoms with Gasteiger partial charge in [-0.3, -0.25) is 4.99 Å². The van der Waals surface area contributed by atoms with Crippen LogP contribution in [-0.4, -0.2) is 55.3 Å². The zero-order valence-electron chi connectivity index (χ0n) is 15.9. The predicted molar refractivity (Wildman–Crippen MR) is 98.5 cm³/mol. The first-order chi connectivity index (χ1) is 11.5. The number of aliphatic imine (C=N–C) groups is 1. The molecule has 0 aromatic carbocycles. The number of nitrogens with one attached hydrogen (secondary N) is 2. The summed E-state index contributed by atoms with van der Waals surface area (Å²) in [5.74, 6) is 2.55. The van der Waals surface area contributed by atoms with Crippen LogP contribution < -0.4 is 10.6 Å². The zero-order valence-corrected chi connectivity index (χ0v) is 15.9. The summed E-state index contributed by atoms with van der Waals surface area (Å²) < 4.78 is 5.21. The minimum absolute atomic E-state index is 0.513. The number of guanidine groups is 1. The van der Waals surface area contributed by atoms with Crippen LogP contribution in [0.4, 0.5) is 0 Å². The van der Waals surface area contributed by atoms with E-state index in [0.717, 1.165) is 36.3 Å². The van der Waals surface area contributed by atoms with Gasteiger partial charge in [-0.15, -0.1) is 0 Å². The van der Waals surface area contributed by atoms with Crippen LogP contribution in [0.25, 0.3) is 0 Å². The lowest BCUT2D eigenvalue weighted by Crippen LogP contribution is -2.49. The summed E-state index contributed by atoms with van der Waals surface area (Å²) in [5, 5.41) is 11.0. The van der Waals surface area contributed by atoms with E-state index in [4.69, 9.17) is 4.52 Å². The fourth-order valence-corrected chi connectivity index (χ4v) is 3.33. The van der Waals surface area contributed by atoms with Gasteiger partial charge in [0.2, 0.25) is 0 Å². The Balaban J connectivity index is 1.71. The van der Waals surface area contributed by atoms with E-state index in [9.17, 15) is 0 Å². The van der Waals surface area contributed by atoms with Gasteiger partial charge < -0.3 is 20.1 Å². The lowest BCUT2D eigenvalue weighted by Gasteiger charge is -2.34. The molecule has 2 heterocycles. The van der Waals surface area contributed by atoms with Crippen molar-refractivity contribution in [2.75, 3.05) is 33.2 Å². The van der Waals surface area contributed by atoms with E-state index >= 15 is 0 Å². The van der Waals surface area contributed by atoms with Crippen LogP contribution >= 0.6 is 0 Å². The Morgan fingerprint density at radius 3 is 2.58 bits per heavy atom. The second-order valence-corrected chi connectivity index (χ2v) is 7.16. The number of rotatable bonds is 6. The summed E-state index contributed by atoms with van der Waals surface area (Å²) in [4.78, 5) is 6.92. The third-order valence-electron chi connectivity index (χ3n) is 4.62. The van der Waals surface area contributed by atoms with Crippen LogP contribution in [0.15, 0.2) is 9.52 Å². The molecule has 1 aromatic heterocycles. The van der Waals surface area contributed by atoms with Crippen LogP contribution in [-0.2, 0) is 6.42 Å². The van der Waals surface area contributed by atoms with E-state index in [0.29, 0.717) is 6.04 Å². The van der Waals surface area contributed by atoms with Crippen molar-refractivity contribution in [2.45, 2.75) is 53.0 Å². The Kier molecular flexibility index (Phi) is 7.09. The fraction of sp³-hybridized carbons (Fsp3) is 0.778. The van der Waals surface area contributed by atoms with Crippen LogP contribution in [0, 0.1) is 19.8 Å². The van der Waals surface area contributed by atoms with Gasteiger partial charge in [0.1, 0.15) is 5.76 Å². The molecule has 136 valence electrons. The minimum Gasteiger partial charge on any atom is -0.361 e. The standard InChI is InChI=1S/C18H33N5O/c1-13(2)12-23-10-7-16(8-11-23)21-18(19-5)20-9-6-17-14(3)22-24-15(17)4/h13,16H,6-12H2,1-5H3,(H2,19,20,21). The molecular weight excluding hydrogens is 302 g/mol. The van der Waals surface area contributed by atoms with Gasteiger partial charge in [0.15, 0.2) is 5.96 Å². The highest BCUT2D eigenvalue weighted by Crippen LogP contribution is 2.13. The molecule has 0 amide bonds. The second-order valence-electron chi connectivity index (χ2n) is 7.16. The van der Waals surface area contributed by atoms with Crippen molar-refractivity contribution >= 4 is 5.96 Å². The molecule has 0 bridgehead atoms. The van der Waals surface area contributed by atoms with Crippen molar-refractivity contribution < 1.29 is 4.52 Å². The summed E-state index contributed by atoms with van der Waals surface area (Å²) in [6.07, 6.45) is 3.25. The van der Waals surface area contributed by atoms with Gasteiger partial charge in [0.25, 0.3) is 0 Å². The molecular formula is C18H33N5O. The summed E-state index contributed by atoms with van der Waals surface area (Å²) in [6.45, 7) is 12.9. The fourth-order valence-electron chi connectivity index (χ4n) is 3.33. The van der Waals surface area contributed by atoms with Crippen LogP contribution in [0.5, 0.6) is 0 Å². The third-order valence-corrected chi connectivity index (χ3v) is 4.62. The summed E-state index contributed by atoms with van der Waals surface area (Å²) >= 11 is 0. The zero-order chi connectivity index (χ0) is 17.5. The van der Waals surface area contributed by atoms with Gasteiger partial charge >= 0.3 is 0 Å². The minimum atomic E-state index is 0.513. The molecule has 24 heavy (non-hydrogen) atoms. The Bertz CT molecular complexity index is 510. The number of hydrogen-bond donors (Lipinski definition) is 2. The van der Waals surface area contributed by atoms with Gasteiger partial charge in [0, 0.05) is 44.8 Å². The maximum absolute atomic E-state index is 5.21. The molecule has 6 nitrogen and oxygen atoms in total. The number of aryl methyl sites for hydroxylation is 2. The van der Waals surface area contributed by atoms with Gasteiger partial charge in [-0.2, -0.15) is 0 Å². The van der Waals surface area contributed by atoms with Crippen molar-refractivity contribution in [3.8, 4) is 0 Å². The van der Waals surface area contributed by atoms with Crippen LogP contribution in [0.2, 0.25) is 0 Å². The first-order valence-electron chi connectivity index (χ1n) is 9.11. The summed E-state index contributed by atoms with van der Waals surface area (Å²) in [5.41, 5.74) is 2.18. The van der Waals surface area contributed by atoms with E-state index in [-0.39, 0.29) is 0 Å². The quantitative estimate of drug-likeness (QED) is 0.616. The SMILES string of the molecule is CN=C(NCCc1c(C)noc1C)NC1CCN(CC(C)C)CC1. The van der Waals surface area contributed by atoms with Gasteiger partial charge in [-0.25, -0.2) is 0 Å². The van der Waals surface area contributed by atoms with Crippen molar-refractivity contribution in [1.29, 1.82) is 0 Å². The Morgan fingerprint density at radius 2 is 2.04 bits per heavy atom. The number of nitrogens with zero attached hydrogens (tertiary/aromatic N) is 3. The average Bonchev–Trinajstić information content (AvgIpc) is 2.87. The van der Waals surface area contributed by atoms with Crippen molar-refractivity contribution in [3.05, 3.63) is 17.0 Å². The number of hydrogen-bond acceptors (Lipinski definition) is 4. The van der Waals surface area contributed by atoms with Crippen molar-refractivity contribution in [1.82, 2.24) is 20.7 Å². The van der Waals surface area contributed by atoms with E-state index in [2.05, 4.69) is 39.5 Å². The number of piperidine rings is 1. The van der Waals surface area contributed by atoms with E-state index < -0.39 is 0 Å². The van der Waals surface area contributed by atoms with Gasteiger partial charge in [-0.05, 0) is 39.0 Å². The van der Waals surface area contributed by atoms with Crippen LogP contribution in [0.3, 0.4) is 0 Å². The summed E-state index contributed by atoms with van der Waals surface area (Å²) in [7, 11) is 1.83. The maximum atomic E-state index is 5.21. The highest BCUT2D eigenvalue weighted by atomic mass is 16.5. The largest absolute Gasteiger partial charge is 0.361 e. The Hall–Kier alpha value is -1.56. The molecule has 2 N–H and O–H groups in total. The average molecular weight is 335 g/mol. The Morgan fingerprint density at radius 1 is 1.33 bits per heavy atom. The second kappa shape index (κ2) is 9.06. The first kappa shape index (κ1) is 18.8. The smallest absolute Gasteiger partial charge is 0.191 e. The molecule has 1 aliphatic heterocycles. The molecule has 0 saturated carbocycles. The molecule has 6 heteroatoms. The molecule has 1 aromatic rings. The molecule has 0 radical (unpaired) electrons. The number of aromatic nitrogens is 1. The molecule has 0 atom stereocenters. The molecule has 1 aliphatic rings. The third kappa shape index (κ3) is 5.51. The highest BCUT2D eigenvalue weighted by molar-refractivity contribution is 5.79. The molecule has 1 fully saturated rings. The molecule has 1 saturated heterocycles. The summed E-state index contributed by atoms with van der Waals surface area (Å²) in [6, 6.07) is 0.513. The van der Waals surface area contributed by atoms with Gasteiger partial charge in [0.05, 0.1) is 5.69 Å². The van der Waals surface area contributed by atoms with E-state index in [1.54, 1.807) is 0 Å². The topological polar surface area (TPSA) is 65.7 Å². The number of likely N-dealkylation sites (tertiary alicyclic amines) is 1. The van der Waals surface area contributed by atoms with Crippen LogP contribution in [0.1, 0.15) is 43.7 Å². The molecule has 0 spiro atoms. The van der Waals surface area contributed by atoms with E-state index in [1.165, 1.54) is 38.0 Å². The normalized spacial score (nSPS) is 17.5. The van der Waals surface area contributed by atoms with Crippen molar-refractivity contribution in [3.63, 3.8) is 0 Å². The molecule has 2 rings (SSSR count). The lowest BCUT2D eigenvalue weighted by molar-refractivity contribution is 0.187. The highest BCUT2D eigenvalue weighted by Gasteiger charge is 2.20. The monoisotopic (exact) mass is 335 g/mol. The first-order valence-corrected chi connectivity index (χ1v) is 9.11. The maximum Gasteiger partial charge on any atom is 0.191 e.